The monoisotopic (exact) mass is 550 g/mol. The van der Waals surface area contributed by atoms with Crippen molar-refractivity contribution in [2.24, 2.45) is 0 Å². The van der Waals surface area contributed by atoms with Crippen LogP contribution in [0.25, 0.3) is 11.1 Å². The SMILES string of the molecule is CCC=C1[C-]=C(c2ccccc2)C(C)=C1.CCC=C1[C-]=C(c2ccccc2)C(C)=C1.[Cl-].[Cl-].[Zr+4]. The van der Waals surface area contributed by atoms with Gasteiger partial charge in [-0.1, -0.05) is 112 Å². The summed E-state index contributed by atoms with van der Waals surface area (Å²) in [5.74, 6) is 0. The van der Waals surface area contributed by atoms with Crippen LogP contribution in [0.3, 0.4) is 0 Å². The largest absolute Gasteiger partial charge is 4.00 e. The van der Waals surface area contributed by atoms with E-state index in [-0.39, 0.29) is 51.0 Å². The topological polar surface area (TPSA) is 0 Å². The third-order valence-corrected chi connectivity index (χ3v) is 5.04. The van der Waals surface area contributed by atoms with E-state index >= 15 is 0 Å². The van der Waals surface area contributed by atoms with Crippen molar-refractivity contribution in [2.75, 3.05) is 0 Å². The van der Waals surface area contributed by atoms with Crippen molar-refractivity contribution in [1.82, 2.24) is 0 Å². The van der Waals surface area contributed by atoms with Crippen LogP contribution >= 0.6 is 0 Å². The summed E-state index contributed by atoms with van der Waals surface area (Å²) in [6.45, 7) is 8.59. The first kappa shape index (κ1) is 31.3. The summed E-state index contributed by atoms with van der Waals surface area (Å²) >= 11 is 0. The van der Waals surface area contributed by atoms with E-state index in [0.29, 0.717) is 0 Å². The minimum atomic E-state index is 0. The quantitative estimate of drug-likeness (QED) is 0.511. The summed E-state index contributed by atoms with van der Waals surface area (Å²) in [4.78, 5) is 0. The second-order valence-electron chi connectivity index (χ2n) is 7.52. The summed E-state index contributed by atoms with van der Waals surface area (Å²) in [6.07, 6.45) is 17.8. The Labute approximate surface area is 231 Å². The van der Waals surface area contributed by atoms with Crippen LogP contribution in [-0.4, -0.2) is 0 Å². The average Bonchev–Trinajstić information content (AvgIpc) is 3.32. The molecule has 0 heterocycles. The molecule has 0 N–H and O–H groups in total. The van der Waals surface area contributed by atoms with Crippen LogP contribution in [-0.2, 0) is 26.2 Å². The van der Waals surface area contributed by atoms with Gasteiger partial charge in [-0.05, 0) is 0 Å². The van der Waals surface area contributed by atoms with E-state index < -0.39 is 0 Å². The third-order valence-electron chi connectivity index (χ3n) is 5.04. The Balaban J connectivity index is 0.000000569. The molecule has 2 aromatic carbocycles. The molecule has 0 atom stereocenters. The predicted molar refractivity (Wildman–Crippen MR) is 130 cm³/mol. The van der Waals surface area contributed by atoms with E-state index in [2.05, 4.69) is 113 Å². The van der Waals surface area contributed by atoms with Gasteiger partial charge in [0.05, 0.1) is 0 Å². The van der Waals surface area contributed by atoms with Crippen molar-refractivity contribution >= 4 is 11.1 Å². The van der Waals surface area contributed by atoms with E-state index in [9.17, 15) is 0 Å². The molecular weight excluding hydrogens is 522 g/mol. The molecule has 3 heteroatoms. The van der Waals surface area contributed by atoms with E-state index in [1.165, 1.54) is 44.6 Å². The minimum Gasteiger partial charge on any atom is -1.00 e. The fraction of sp³-hybridized carbons (Fsp3) is 0.200. The van der Waals surface area contributed by atoms with Crippen LogP contribution in [0.2, 0.25) is 0 Å². The average molecular weight is 553 g/mol. The fourth-order valence-corrected chi connectivity index (χ4v) is 3.64. The number of hydrogen-bond donors (Lipinski definition) is 0. The summed E-state index contributed by atoms with van der Waals surface area (Å²) in [7, 11) is 0. The molecule has 0 spiro atoms. The maximum absolute atomic E-state index is 3.44. The zero-order valence-electron chi connectivity index (χ0n) is 19.8. The molecule has 0 aliphatic heterocycles. The fourth-order valence-electron chi connectivity index (χ4n) is 3.64. The van der Waals surface area contributed by atoms with Crippen molar-refractivity contribution in [2.45, 2.75) is 40.5 Å². The number of allylic oxidation sites excluding steroid dienone is 12. The van der Waals surface area contributed by atoms with Gasteiger partial charge in [0.25, 0.3) is 0 Å². The van der Waals surface area contributed by atoms with Gasteiger partial charge < -0.3 is 24.8 Å². The number of hydrogen-bond acceptors (Lipinski definition) is 0. The first-order chi connectivity index (χ1) is 14.6. The van der Waals surface area contributed by atoms with Gasteiger partial charge in [-0.25, -0.2) is 0 Å². The van der Waals surface area contributed by atoms with Gasteiger partial charge in [0, 0.05) is 0 Å². The molecule has 0 bridgehead atoms. The van der Waals surface area contributed by atoms with E-state index in [4.69, 9.17) is 0 Å². The molecule has 168 valence electrons. The Hall–Kier alpha value is -1.66. The standard InChI is InChI=1S/2C15H15.2ClH.Zr/c2*1-3-7-13-10-12(2)15(11-13)14-8-5-4-6-9-14;;;/h2*4-10H,3H2,1-2H3;2*1H;/q2*-1;;;+4/p-2. The second-order valence-corrected chi connectivity index (χ2v) is 7.52. The van der Waals surface area contributed by atoms with Gasteiger partial charge in [-0.2, -0.15) is 0 Å². The van der Waals surface area contributed by atoms with Crippen molar-refractivity contribution in [3.8, 4) is 0 Å². The third kappa shape index (κ3) is 8.90. The zero-order chi connectivity index (χ0) is 21.3. The predicted octanol–water partition coefficient (Wildman–Crippen LogP) is 2.34. The molecule has 0 aromatic heterocycles. The molecule has 0 saturated carbocycles. The number of halogens is 2. The van der Waals surface area contributed by atoms with Gasteiger partial charge >= 0.3 is 26.2 Å². The smallest absolute Gasteiger partial charge is 1.00 e. The maximum atomic E-state index is 3.44. The molecule has 0 saturated heterocycles. The molecule has 0 unspecified atom stereocenters. The van der Waals surface area contributed by atoms with Crippen LogP contribution in [0.1, 0.15) is 51.7 Å². The first-order valence-corrected chi connectivity index (χ1v) is 10.8. The van der Waals surface area contributed by atoms with E-state index in [1.54, 1.807) is 0 Å². The van der Waals surface area contributed by atoms with Crippen molar-refractivity contribution in [3.63, 3.8) is 0 Å². The molecule has 0 fully saturated rings. The second kappa shape index (κ2) is 16.1. The van der Waals surface area contributed by atoms with Crippen LogP contribution in [0.5, 0.6) is 0 Å². The molecule has 4 rings (SSSR count). The summed E-state index contributed by atoms with van der Waals surface area (Å²) < 4.78 is 0. The number of rotatable bonds is 4. The Morgan fingerprint density at radius 1 is 0.606 bits per heavy atom. The number of benzene rings is 2. The summed E-state index contributed by atoms with van der Waals surface area (Å²) in [5.41, 5.74) is 10.0. The van der Waals surface area contributed by atoms with Crippen LogP contribution in [0.15, 0.2) is 107 Å². The Bertz CT molecular complexity index is 965. The van der Waals surface area contributed by atoms with Gasteiger partial charge in [0.15, 0.2) is 0 Å². The van der Waals surface area contributed by atoms with Crippen LogP contribution < -0.4 is 24.8 Å². The van der Waals surface area contributed by atoms with Gasteiger partial charge in [-0.15, -0.1) is 69.9 Å². The van der Waals surface area contributed by atoms with Gasteiger partial charge in [0.2, 0.25) is 0 Å². The Kier molecular flexibility index (Phi) is 15.2. The Morgan fingerprint density at radius 3 is 1.24 bits per heavy atom. The first-order valence-electron chi connectivity index (χ1n) is 10.8. The van der Waals surface area contributed by atoms with Crippen LogP contribution in [0.4, 0.5) is 0 Å². The molecule has 0 radical (unpaired) electrons. The summed E-state index contributed by atoms with van der Waals surface area (Å²) in [5, 5.41) is 0. The van der Waals surface area contributed by atoms with Crippen molar-refractivity contribution in [1.29, 1.82) is 0 Å². The summed E-state index contributed by atoms with van der Waals surface area (Å²) in [6, 6.07) is 20.9. The molecule has 0 nitrogen and oxygen atoms in total. The van der Waals surface area contributed by atoms with Crippen molar-refractivity contribution < 1.29 is 51.0 Å². The van der Waals surface area contributed by atoms with E-state index in [0.717, 1.165) is 12.8 Å². The normalized spacial score (nSPS) is 16.2. The minimum absolute atomic E-state index is 0. The molecular formula is C30H30Cl2Zr. The molecule has 2 aliphatic carbocycles. The van der Waals surface area contributed by atoms with Gasteiger partial charge in [0.1, 0.15) is 0 Å². The zero-order valence-corrected chi connectivity index (χ0v) is 23.7. The molecule has 0 amide bonds. The molecule has 2 aromatic rings. The molecule has 33 heavy (non-hydrogen) atoms. The Morgan fingerprint density at radius 2 is 0.939 bits per heavy atom. The maximum Gasteiger partial charge on any atom is 4.00 e. The molecule has 2 aliphatic rings. The van der Waals surface area contributed by atoms with Crippen molar-refractivity contribution in [3.05, 3.63) is 131 Å². The van der Waals surface area contributed by atoms with E-state index in [1.807, 2.05) is 12.1 Å². The van der Waals surface area contributed by atoms with Gasteiger partial charge in [-0.3, -0.25) is 0 Å². The van der Waals surface area contributed by atoms with Crippen LogP contribution in [0, 0.1) is 12.2 Å².